The minimum atomic E-state index is -0.437. The largest absolute Gasteiger partial charge is 0.454 e. The number of aromatic nitrogens is 5. The average molecular weight is 491 g/mol. The number of rotatable bonds is 4. The lowest BCUT2D eigenvalue weighted by molar-refractivity contribution is 0.413. The van der Waals surface area contributed by atoms with E-state index in [2.05, 4.69) is 34.2 Å². The maximum atomic E-state index is 14.9. The van der Waals surface area contributed by atoms with Gasteiger partial charge in [0.15, 0.2) is 23.0 Å². The van der Waals surface area contributed by atoms with Crippen molar-refractivity contribution in [2.75, 3.05) is 5.73 Å². The van der Waals surface area contributed by atoms with E-state index >= 15 is 0 Å². The van der Waals surface area contributed by atoms with Crippen LogP contribution in [0.5, 0.6) is 11.5 Å². The number of benzene rings is 3. The van der Waals surface area contributed by atoms with Gasteiger partial charge in [-0.15, -0.1) is 0 Å². The molecule has 1 aliphatic rings. The van der Waals surface area contributed by atoms with E-state index in [-0.39, 0.29) is 11.8 Å². The molecule has 1 aliphatic carbocycles. The van der Waals surface area contributed by atoms with E-state index in [4.69, 9.17) is 15.6 Å². The molecule has 1 atom stereocenters. The standard InChI is InChI=1S/C29H23FN6O/c30-23-15-20-12-13-35(24(20)16-25(23)37-22-8-2-1-3-9-22)29-26-27(31)32-17-33-28(26)36(34-29)21-11-10-18-6-4-5-7-19(18)14-21/h1-9,12-13,15-17,21H,10-11,14H2,(H2,31,32,33). The fourth-order valence-corrected chi connectivity index (χ4v) is 5.30. The van der Waals surface area contributed by atoms with Crippen molar-refractivity contribution in [3.8, 4) is 17.3 Å². The van der Waals surface area contributed by atoms with Crippen molar-refractivity contribution in [3.05, 3.63) is 102 Å². The van der Waals surface area contributed by atoms with E-state index in [1.807, 2.05) is 39.7 Å². The Bertz CT molecular complexity index is 1770. The zero-order valence-electron chi connectivity index (χ0n) is 19.9. The number of nitrogen functional groups attached to an aromatic ring is 1. The second kappa shape index (κ2) is 8.44. The van der Waals surface area contributed by atoms with Crippen LogP contribution in [0.2, 0.25) is 0 Å². The van der Waals surface area contributed by atoms with E-state index in [0.29, 0.717) is 28.4 Å². The molecule has 0 spiro atoms. The number of fused-ring (bicyclic) bond motifs is 3. The molecule has 0 aliphatic heterocycles. The van der Waals surface area contributed by atoms with Crippen LogP contribution in [-0.2, 0) is 12.8 Å². The number of nitrogens with two attached hydrogens (primary N) is 1. The molecule has 0 saturated heterocycles. The number of anilines is 1. The number of halogens is 1. The number of hydrogen-bond donors (Lipinski definition) is 1. The first-order chi connectivity index (χ1) is 18.2. The van der Waals surface area contributed by atoms with Gasteiger partial charge in [-0.05, 0) is 54.7 Å². The Morgan fingerprint density at radius 3 is 2.62 bits per heavy atom. The van der Waals surface area contributed by atoms with Crippen molar-refractivity contribution >= 4 is 27.8 Å². The van der Waals surface area contributed by atoms with Gasteiger partial charge in [-0.1, -0.05) is 42.5 Å². The molecule has 0 saturated carbocycles. The second-order valence-corrected chi connectivity index (χ2v) is 9.33. The molecule has 0 fully saturated rings. The highest BCUT2D eigenvalue weighted by molar-refractivity contribution is 5.95. The third kappa shape index (κ3) is 3.60. The first-order valence-corrected chi connectivity index (χ1v) is 12.2. The lowest BCUT2D eigenvalue weighted by Crippen LogP contribution is -2.20. The maximum Gasteiger partial charge on any atom is 0.172 e. The van der Waals surface area contributed by atoms with Gasteiger partial charge in [-0.2, -0.15) is 5.10 Å². The summed E-state index contributed by atoms with van der Waals surface area (Å²) in [6, 6.07) is 22.9. The quantitative estimate of drug-likeness (QED) is 0.327. The topological polar surface area (TPSA) is 83.8 Å². The van der Waals surface area contributed by atoms with Crippen molar-refractivity contribution in [1.29, 1.82) is 0 Å². The van der Waals surface area contributed by atoms with Crippen LogP contribution in [0.25, 0.3) is 27.8 Å². The Morgan fingerprint density at radius 2 is 1.76 bits per heavy atom. The Kier molecular flexibility index (Phi) is 4.92. The zero-order chi connectivity index (χ0) is 24.9. The van der Waals surface area contributed by atoms with Crippen molar-refractivity contribution < 1.29 is 9.13 Å². The van der Waals surface area contributed by atoms with Gasteiger partial charge in [0.1, 0.15) is 23.3 Å². The molecule has 0 amide bonds. The molecule has 7 nitrogen and oxygen atoms in total. The van der Waals surface area contributed by atoms with Crippen LogP contribution in [0.3, 0.4) is 0 Å². The minimum absolute atomic E-state index is 0.135. The van der Waals surface area contributed by atoms with E-state index < -0.39 is 5.82 Å². The number of aryl methyl sites for hydroxylation is 1. The lowest BCUT2D eigenvalue weighted by atomic mass is 9.88. The fourth-order valence-electron chi connectivity index (χ4n) is 5.30. The van der Waals surface area contributed by atoms with Crippen LogP contribution in [0.15, 0.2) is 85.3 Å². The van der Waals surface area contributed by atoms with Crippen LogP contribution in [0.4, 0.5) is 10.2 Å². The Labute approximate surface area is 212 Å². The molecule has 3 heterocycles. The molecule has 0 bridgehead atoms. The van der Waals surface area contributed by atoms with Crippen molar-refractivity contribution in [2.45, 2.75) is 25.3 Å². The third-order valence-corrected chi connectivity index (χ3v) is 7.11. The van der Waals surface area contributed by atoms with E-state index in [1.165, 1.54) is 23.5 Å². The molecule has 37 heavy (non-hydrogen) atoms. The molecular weight excluding hydrogens is 467 g/mol. The number of ether oxygens (including phenoxy) is 1. The first kappa shape index (κ1) is 21.6. The summed E-state index contributed by atoms with van der Waals surface area (Å²) in [5.74, 6) is 1.22. The van der Waals surface area contributed by atoms with Crippen LogP contribution >= 0.6 is 0 Å². The van der Waals surface area contributed by atoms with Gasteiger partial charge in [-0.25, -0.2) is 19.0 Å². The van der Waals surface area contributed by atoms with E-state index in [0.717, 1.165) is 30.2 Å². The average Bonchev–Trinajstić information content (AvgIpc) is 3.51. The summed E-state index contributed by atoms with van der Waals surface area (Å²) in [6.07, 6.45) is 6.13. The summed E-state index contributed by atoms with van der Waals surface area (Å²) < 4.78 is 24.7. The number of nitrogens with zero attached hydrogens (tertiary/aromatic N) is 5. The Balaban J connectivity index is 1.37. The molecule has 2 N–H and O–H groups in total. The lowest BCUT2D eigenvalue weighted by Gasteiger charge is -2.25. The summed E-state index contributed by atoms with van der Waals surface area (Å²) in [7, 11) is 0. The molecule has 182 valence electrons. The molecule has 8 heteroatoms. The normalized spacial score (nSPS) is 15.2. The van der Waals surface area contributed by atoms with Crippen LogP contribution < -0.4 is 10.5 Å². The summed E-state index contributed by atoms with van der Waals surface area (Å²) in [6.45, 7) is 0. The van der Waals surface area contributed by atoms with Crippen LogP contribution in [-0.4, -0.2) is 24.3 Å². The van der Waals surface area contributed by atoms with Gasteiger partial charge >= 0.3 is 0 Å². The Morgan fingerprint density at radius 1 is 0.946 bits per heavy atom. The minimum Gasteiger partial charge on any atom is -0.454 e. The highest BCUT2D eigenvalue weighted by Gasteiger charge is 2.26. The smallest absolute Gasteiger partial charge is 0.172 e. The highest BCUT2D eigenvalue weighted by atomic mass is 19.1. The number of hydrogen-bond acceptors (Lipinski definition) is 5. The molecule has 3 aromatic heterocycles. The molecular formula is C29H23FN6O. The molecule has 6 aromatic rings. The SMILES string of the molecule is Nc1ncnc2c1c(-n1ccc3cc(F)c(Oc4ccccc4)cc31)nn2C1CCc2ccccc2C1. The summed E-state index contributed by atoms with van der Waals surface area (Å²) in [5.41, 5.74) is 10.5. The van der Waals surface area contributed by atoms with Crippen molar-refractivity contribution in [3.63, 3.8) is 0 Å². The van der Waals surface area contributed by atoms with Crippen molar-refractivity contribution in [2.24, 2.45) is 0 Å². The second-order valence-electron chi connectivity index (χ2n) is 9.33. The van der Waals surface area contributed by atoms with Gasteiger partial charge in [0, 0.05) is 17.6 Å². The van der Waals surface area contributed by atoms with Crippen molar-refractivity contribution in [1.82, 2.24) is 24.3 Å². The van der Waals surface area contributed by atoms with Crippen LogP contribution in [0.1, 0.15) is 23.6 Å². The third-order valence-electron chi connectivity index (χ3n) is 7.11. The van der Waals surface area contributed by atoms with Gasteiger partial charge < -0.3 is 10.5 Å². The summed E-state index contributed by atoms with van der Waals surface area (Å²) >= 11 is 0. The summed E-state index contributed by atoms with van der Waals surface area (Å²) in [4.78, 5) is 8.84. The van der Waals surface area contributed by atoms with Gasteiger partial charge in [0.05, 0.1) is 11.6 Å². The molecule has 3 aromatic carbocycles. The van der Waals surface area contributed by atoms with Gasteiger partial charge in [0.25, 0.3) is 0 Å². The molecule has 1 unspecified atom stereocenters. The number of para-hydroxylation sites is 1. The molecule has 0 radical (unpaired) electrons. The maximum absolute atomic E-state index is 14.9. The van der Waals surface area contributed by atoms with Gasteiger partial charge in [-0.3, -0.25) is 4.57 Å². The predicted molar refractivity (Wildman–Crippen MR) is 141 cm³/mol. The van der Waals surface area contributed by atoms with Crippen LogP contribution in [0, 0.1) is 5.82 Å². The van der Waals surface area contributed by atoms with E-state index in [1.54, 1.807) is 18.2 Å². The van der Waals surface area contributed by atoms with Gasteiger partial charge in [0.2, 0.25) is 0 Å². The highest BCUT2D eigenvalue weighted by Crippen LogP contribution is 2.36. The predicted octanol–water partition coefficient (Wildman–Crippen LogP) is 6.01. The molecule has 7 rings (SSSR count). The Hall–Kier alpha value is -4.72. The fraction of sp³-hybridized carbons (Fsp3) is 0.138. The zero-order valence-corrected chi connectivity index (χ0v) is 19.9. The van der Waals surface area contributed by atoms with E-state index in [9.17, 15) is 4.39 Å². The first-order valence-electron chi connectivity index (χ1n) is 12.2. The summed E-state index contributed by atoms with van der Waals surface area (Å²) in [5, 5.41) is 6.44. The monoisotopic (exact) mass is 490 g/mol.